The van der Waals surface area contributed by atoms with Crippen LogP contribution in [0.1, 0.15) is 26.2 Å². The van der Waals surface area contributed by atoms with E-state index in [4.69, 9.17) is 10.8 Å². The summed E-state index contributed by atoms with van der Waals surface area (Å²) in [5.41, 5.74) is 5.78. The Labute approximate surface area is 89.3 Å². The Bertz CT molecular complexity index is 251. The van der Waals surface area contributed by atoms with E-state index in [2.05, 4.69) is 11.9 Å². The van der Waals surface area contributed by atoms with Crippen LogP contribution in [0.25, 0.3) is 0 Å². The van der Waals surface area contributed by atoms with Gasteiger partial charge in [-0.05, 0) is 26.2 Å². The van der Waals surface area contributed by atoms with E-state index in [0.29, 0.717) is 25.0 Å². The third-order valence-corrected chi connectivity index (χ3v) is 1.93. The molecular weight excluding hydrogens is 196 g/mol. The van der Waals surface area contributed by atoms with Gasteiger partial charge in [0.2, 0.25) is 5.91 Å². The van der Waals surface area contributed by atoms with Crippen molar-refractivity contribution in [2.75, 3.05) is 6.54 Å². The van der Waals surface area contributed by atoms with Gasteiger partial charge in [-0.3, -0.25) is 9.59 Å². The molecule has 0 unspecified atom stereocenters. The number of carboxylic acids is 1. The van der Waals surface area contributed by atoms with Crippen LogP contribution in [-0.2, 0) is 9.59 Å². The van der Waals surface area contributed by atoms with Crippen LogP contribution >= 0.6 is 0 Å². The van der Waals surface area contributed by atoms with Crippen LogP contribution in [0.4, 0.5) is 0 Å². The van der Waals surface area contributed by atoms with Crippen molar-refractivity contribution in [2.45, 2.75) is 32.2 Å². The Balaban J connectivity index is 3.44. The van der Waals surface area contributed by atoms with Gasteiger partial charge in [0.1, 0.15) is 6.04 Å². The number of aliphatic carboxylic acids is 1. The second-order valence-corrected chi connectivity index (χ2v) is 3.48. The maximum Gasteiger partial charge on any atom is 0.320 e. The first-order chi connectivity index (χ1) is 6.95. The Morgan fingerprint density at radius 1 is 1.47 bits per heavy atom. The summed E-state index contributed by atoms with van der Waals surface area (Å²) in [6.45, 7) is 5.66. The molecule has 0 rings (SSSR count). The van der Waals surface area contributed by atoms with Gasteiger partial charge < -0.3 is 16.2 Å². The molecule has 0 aromatic rings. The summed E-state index contributed by atoms with van der Waals surface area (Å²) in [6.07, 6.45) is 1.84. The molecule has 0 fully saturated rings. The number of nitrogens with two attached hydrogens (primary N) is 1. The molecule has 15 heavy (non-hydrogen) atoms. The minimum absolute atomic E-state index is 0.169. The van der Waals surface area contributed by atoms with Crippen molar-refractivity contribution in [1.29, 1.82) is 0 Å². The first-order valence-electron chi connectivity index (χ1n) is 4.87. The largest absolute Gasteiger partial charge is 0.480 e. The van der Waals surface area contributed by atoms with Crippen LogP contribution in [0, 0.1) is 0 Å². The standard InChI is InChI=1S/C10H18N2O3/c1-7(2)9(13)12-6-4-3-5-8(11)10(14)15/h8H,1,3-6,11H2,2H3,(H,12,13)(H,14,15)/t8-/m1/s1. The van der Waals surface area contributed by atoms with Crippen LogP contribution in [0.2, 0.25) is 0 Å². The van der Waals surface area contributed by atoms with Crippen molar-refractivity contribution < 1.29 is 14.7 Å². The van der Waals surface area contributed by atoms with Crippen LogP contribution < -0.4 is 11.1 Å². The van der Waals surface area contributed by atoms with Gasteiger partial charge in [0.25, 0.3) is 0 Å². The zero-order chi connectivity index (χ0) is 11.8. The fourth-order valence-electron chi connectivity index (χ4n) is 0.966. The number of rotatable bonds is 7. The van der Waals surface area contributed by atoms with Crippen LogP contribution in [0.3, 0.4) is 0 Å². The molecule has 0 aromatic carbocycles. The highest BCUT2D eigenvalue weighted by molar-refractivity contribution is 5.91. The Morgan fingerprint density at radius 2 is 2.07 bits per heavy atom. The van der Waals surface area contributed by atoms with Crippen molar-refractivity contribution >= 4 is 11.9 Å². The molecule has 5 heteroatoms. The van der Waals surface area contributed by atoms with E-state index < -0.39 is 12.0 Å². The summed E-state index contributed by atoms with van der Waals surface area (Å²) in [6, 6.07) is -0.804. The number of carbonyl (C=O) groups is 2. The zero-order valence-electron chi connectivity index (χ0n) is 8.95. The second kappa shape index (κ2) is 7.00. The molecule has 0 aliphatic rings. The molecule has 86 valence electrons. The van der Waals surface area contributed by atoms with Gasteiger partial charge in [-0.2, -0.15) is 0 Å². The normalized spacial score (nSPS) is 11.9. The maximum absolute atomic E-state index is 11.0. The summed E-state index contributed by atoms with van der Waals surface area (Å²) in [4.78, 5) is 21.4. The lowest BCUT2D eigenvalue weighted by Crippen LogP contribution is -2.30. The molecule has 1 atom stereocenters. The molecular formula is C10H18N2O3. The zero-order valence-corrected chi connectivity index (χ0v) is 8.95. The average Bonchev–Trinajstić information content (AvgIpc) is 2.16. The lowest BCUT2D eigenvalue weighted by atomic mass is 10.1. The van der Waals surface area contributed by atoms with Crippen molar-refractivity contribution in [2.24, 2.45) is 5.73 Å². The third kappa shape index (κ3) is 6.68. The lowest BCUT2D eigenvalue weighted by molar-refractivity contribution is -0.138. The van der Waals surface area contributed by atoms with Crippen molar-refractivity contribution in [3.63, 3.8) is 0 Å². The molecule has 0 spiro atoms. The molecule has 1 amide bonds. The summed E-state index contributed by atoms with van der Waals surface area (Å²) in [7, 11) is 0. The fourth-order valence-corrected chi connectivity index (χ4v) is 0.966. The van der Waals surface area contributed by atoms with E-state index in [1.807, 2.05) is 0 Å². The number of hydrogen-bond acceptors (Lipinski definition) is 3. The first-order valence-corrected chi connectivity index (χ1v) is 4.87. The number of nitrogens with one attached hydrogen (secondary N) is 1. The topological polar surface area (TPSA) is 92.4 Å². The summed E-state index contributed by atoms with van der Waals surface area (Å²) in [5.74, 6) is -1.15. The highest BCUT2D eigenvalue weighted by atomic mass is 16.4. The van der Waals surface area contributed by atoms with E-state index in [9.17, 15) is 9.59 Å². The minimum Gasteiger partial charge on any atom is -0.480 e. The van der Waals surface area contributed by atoms with Crippen molar-refractivity contribution in [3.05, 3.63) is 12.2 Å². The van der Waals surface area contributed by atoms with Crippen molar-refractivity contribution in [3.8, 4) is 0 Å². The van der Waals surface area contributed by atoms with Gasteiger partial charge in [0.15, 0.2) is 0 Å². The van der Waals surface area contributed by atoms with Gasteiger partial charge in [-0.1, -0.05) is 6.58 Å². The molecule has 0 aliphatic heterocycles. The molecule has 0 bridgehead atoms. The Hall–Kier alpha value is -1.36. The first kappa shape index (κ1) is 13.6. The number of carbonyl (C=O) groups excluding carboxylic acids is 1. The quantitative estimate of drug-likeness (QED) is 0.418. The second-order valence-electron chi connectivity index (χ2n) is 3.48. The van der Waals surface area contributed by atoms with Crippen LogP contribution in [0.15, 0.2) is 12.2 Å². The van der Waals surface area contributed by atoms with E-state index in [1.54, 1.807) is 6.92 Å². The molecule has 0 aromatic heterocycles. The van der Waals surface area contributed by atoms with E-state index in [-0.39, 0.29) is 5.91 Å². The number of amides is 1. The van der Waals surface area contributed by atoms with Gasteiger partial charge in [-0.15, -0.1) is 0 Å². The van der Waals surface area contributed by atoms with E-state index in [1.165, 1.54) is 0 Å². The van der Waals surface area contributed by atoms with Gasteiger partial charge in [-0.25, -0.2) is 0 Å². The molecule has 0 aliphatic carbocycles. The smallest absolute Gasteiger partial charge is 0.320 e. The molecule has 4 N–H and O–H groups in total. The number of hydrogen-bond donors (Lipinski definition) is 3. The number of carboxylic acid groups (broad SMARTS) is 1. The Morgan fingerprint density at radius 3 is 2.53 bits per heavy atom. The van der Waals surface area contributed by atoms with Crippen LogP contribution in [0.5, 0.6) is 0 Å². The minimum atomic E-state index is -0.985. The molecule has 0 saturated heterocycles. The van der Waals surface area contributed by atoms with Gasteiger partial charge in [0.05, 0.1) is 0 Å². The predicted molar refractivity (Wildman–Crippen MR) is 57.3 cm³/mol. The molecule has 0 heterocycles. The Kier molecular flexibility index (Phi) is 6.37. The third-order valence-electron chi connectivity index (χ3n) is 1.93. The molecule has 0 saturated carbocycles. The lowest BCUT2D eigenvalue weighted by Gasteiger charge is -2.06. The molecule has 0 radical (unpaired) electrons. The molecule has 5 nitrogen and oxygen atoms in total. The summed E-state index contributed by atoms with van der Waals surface area (Å²) in [5, 5.41) is 11.2. The number of unbranched alkanes of at least 4 members (excludes halogenated alkanes) is 1. The summed E-state index contributed by atoms with van der Waals surface area (Å²) < 4.78 is 0. The predicted octanol–water partition coefficient (Wildman–Crippen LogP) is 0.261. The van der Waals surface area contributed by atoms with E-state index >= 15 is 0 Å². The SMILES string of the molecule is C=C(C)C(=O)NCCCC[C@@H](N)C(=O)O. The maximum atomic E-state index is 11.0. The van der Waals surface area contributed by atoms with Gasteiger partial charge >= 0.3 is 5.97 Å². The van der Waals surface area contributed by atoms with Crippen molar-refractivity contribution in [1.82, 2.24) is 5.32 Å². The highest BCUT2D eigenvalue weighted by Crippen LogP contribution is 1.98. The fraction of sp³-hybridized carbons (Fsp3) is 0.600. The average molecular weight is 214 g/mol. The summed E-state index contributed by atoms with van der Waals surface area (Å²) >= 11 is 0. The highest BCUT2D eigenvalue weighted by Gasteiger charge is 2.10. The van der Waals surface area contributed by atoms with Gasteiger partial charge in [0, 0.05) is 12.1 Å². The monoisotopic (exact) mass is 214 g/mol. The van der Waals surface area contributed by atoms with E-state index in [0.717, 1.165) is 6.42 Å². The van der Waals surface area contributed by atoms with Crippen LogP contribution in [-0.4, -0.2) is 29.6 Å².